The monoisotopic (exact) mass is 300 g/mol. The van der Waals surface area contributed by atoms with Crippen molar-refractivity contribution in [3.63, 3.8) is 0 Å². The van der Waals surface area contributed by atoms with Crippen LogP contribution < -0.4 is 0 Å². The molecule has 0 amide bonds. The van der Waals surface area contributed by atoms with Crippen molar-refractivity contribution in [3.05, 3.63) is 0 Å². The van der Waals surface area contributed by atoms with Gasteiger partial charge in [-0.05, 0) is 40.5 Å². The van der Waals surface area contributed by atoms with Gasteiger partial charge in [-0.2, -0.15) is 0 Å². The highest BCUT2D eigenvalue weighted by Crippen LogP contribution is 2.45. The molecule has 0 unspecified atom stereocenters. The van der Waals surface area contributed by atoms with E-state index in [0.29, 0.717) is 0 Å². The molecule has 21 heavy (non-hydrogen) atoms. The lowest BCUT2D eigenvalue weighted by molar-refractivity contribution is -0.253. The summed E-state index contributed by atoms with van der Waals surface area (Å²) >= 11 is 0. The summed E-state index contributed by atoms with van der Waals surface area (Å²) in [6.07, 6.45) is 0.873. The molecule has 0 spiro atoms. The second-order valence-electron chi connectivity index (χ2n) is 7.19. The highest BCUT2D eigenvalue weighted by Gasteiger charge is 2.62. The minimum absolute atomic E-state index is 0.0447. The summed E-state index contributed by atoms with van der Waals surface area (Å²) in [6.45, 7) is 8.42. The van der Waals surface area contributed by atoms with Crippen LogP contribution in [0.5, 0.6) is 0 Å². The second-order valence-corrected chi connectivity index (χ2v) is 7.19. The average molecular weight is 300 g/mol. The van der Waals surface area contributed by atoms with Gasteiger partial charge in [0.1, 0.15) is 24.4 Å². The summed E-state index contributed by atoms with van der Waals surface area (Å²) in [4.78, 5) is 0. The fourth-order valence-electron chi connectivity index (χ4n) is 3.80. The maximum atomic E-state index is 6.16. The Morgan fingerprint density at radius 3 is 2.05 bits per heavy atom. The van der Waals surface area contributed by atoms with E-state index < -0.39 is 17.9 Å². The molecular weight excluding hydrogens is 276 g/mol. The van der Waals surface area contributed by atoms with Crippen molar-refractivity contribution < 1.29 is 28.4 Å². The molecule has 0 aliphatic carbocycles. The van der Waals surface area contributed by atoms with Gasteiger partial charge in [0, 0.05) is 6.61 Å². The Kier molecular flexibility index (Phi) is 3.17. The van der Waals surface area contributed by atoms with Crippen LogP contribution >= 0.6 is 0 Å². The highest BCUT2D eigenvalue weighted by atomic mass is 16.9. The Labute approximate surface area is 125 Å². The van der Waals surface area contributed by atoms with Crippen LogP contribution in [-0.4, -0.2) is 55.0 Å². The predicted molar refractivity (Wildman–Crippen MR) is 71.5 cm³/mol. The van der Waals surface area contributed by atoms with Gasteiger partial charge < -0.3 is 28.4 Å². The lowest BCUT2D eigenvalue weighted by Crippen LogP contribution is -2.58. The van der Waals surface area contributed by atoms with E-state index in [1.165, 1.54) is 0 Å². The van der Waals surface area contributed by atoms with Crippen molar-refractivity contribution in [2.45, 2.75) is 88.9 Å². The number of rotatable bonds is 1. The van der Waals surface area contributed by atoms with Crippen molar-refractivity contribution >= 4 is 0 Å². The first-order valence-corrected chi connectivity index (χ1v) is 7.83. The predicted octanol–water partition coefficient (Wildman–Crippen LogP) is 1.56. The molecule has 4 saturated heterocycles. The number of hydrogen-bond acceptors (Lipinski definition) is 6. The SMILES string of the molecule is CC1(C)O[C@@H]2[C@H](O1)[C@H]1OC(C)(C)O[C@H]1O[C@@H]2[C@H]1CCCO1. The molecule has 0 aromatic heterocycles. The zero-order chi connectivity index (χ0) is 14.8. The standard InChI is InChI=1S/C15H24O6/c1-14(2)18-10-9(8-6-5-7-16-8)17-13-12(11(10)19-14)20-15(3,4)21-13/h8-13H,5-7H2,1-4H3/t8-,9-,10+,11+,12-,13-/m1/s1. The molecule has 4 fully saturated rings. The van der Waals surface area contributed by atoms with Gasteiger partial charge in [-0.3, -0.25) is 0 Å². The smallest absolute Gasteiger partial charge is 0.190 e. The summed E-state index contributed by atoms with van der Waals surface area (Å²) in [5.41, 5.74) is 0. The molecule has 6 atom stereocenters. The van der Waals surface area contributed by atoms with Crippen molar-refractivity contribution in [2.24, 2.45) is 0 Å². The van der Waals surface area contributed by atoms with E-state index >= 15 is 0 Å². The van der Waals surface area contributed by atoms with Gasteiger partial charge in [0.2, 0.25) is 0 Å². The molecule has 0 N–H and O–H groups in total. The van der Waals surface area contributed by atoms with Crippen LogP contribution in [0, 0.1) is 0 Å². The Balaban J connectivity index is 1.62. The molecule has 4 aliphatic rings. The van der Waals surface area contributed by atoms with E-state index in [1.54, 1.807) is 0 Å². The van der Waals surface area contributed by atoms with Crippen LogP contribution in [0.2, 0.25) is 0 Å². The zero-order valence-electron chi connectivity index (χ0n) is 13.0. The van der Waals surface area contributed by atoms with E-state index in [9.17, 15) is 0 Å². The highest BCUT2D eigenvalue weighted by molar-refractivity contribution is 5.02. The zero-order valence-corrected chi connectivity index (χ0v) is 13.0. The quantitative estimate of drug-likeness (QED) is 0.732. The summed E-state index contributed by atoms with van der Waals surface area (Å²) in [7, 11) is 0. The fourth-order valence-corrected chi connectivity index (χ4v) is 3.80. The Bertz CT molecular complexity index is 406. The molecule has 0 bridgehead atoms. The topological polar surface area (TPSA) is 55.4 Å². The minimum atomic E-state index is -0.665. The first-order chi connectivity index (χ1) is 9.85. The first-order valence-electron chi connectivity index (χ1n) is 7.83. The van der Waals surface area contributed by atoms with Crippen molar-refractivity contribution in [1.82, 2.24) is 0 Å². The fraction of sp³-hybridized carbons (Fsp3) is 1.00. The molecule has 6 nitrogen and oxygen atoms in total. The van der Waals surface area contributed by atoms with Gasteiger partial charge in [-0.15, -0.1) is 0 Å². The molecule has 0 radical (unpaired) electrons. The third-order valence-corrected chi connectivity index (χ3v) is 4.52. The van der Waals surface area contributed by atoms with Gasteiger partial charge in [-0.1, -0.05) is 0 Å². The summed E-state index contributed by atoms with van der Waals surface area (Å²) in [5.74, 6) is -1.30. The van der Waals surface area contributed by atoms with Crippen molar-refractivity contribution in [3.8, 4) is 0 Å². The van der Waals surface area contributed by atoms with Crippen LogP contribution in [0.1, 0.15) is 40.5 Å². The molecule has 4 rings (SSSR count). The Morgan fingerprint density at radius 2 is 1.38 bits per heavy atom. The van der Waals surface area contributed by atoms with Gasteiger partial charge in [-0.25, -0.2) is 0 Å². The molecule has 0 aromatic rings. The lowest BCUT2D eigenvalue weighted by Gasteiger charge is -2.39. The molecule has 120 valence electrons. The average Bonchev–Trinajstić information content (AvgIpc) is 3.02. The third kappa shape index (κ3) is 2.42. The van der Waals surface area contributed by atoms with Crippen LogP contribution in [0.4, 0.5) is 0 Å². The molecular formula is C15H24O6. The van der Waals surface area contributed by atoms with Crippen molar-refractivity contribution in [1.29, 1.82) is 0 Å². The number of hydrogen-bond donors (Lipinski definition) is 0. The lowest BCUT2D eigenvalue weighted by atomic mass is 9.94. The van der Waals surface area contributed by atoms with E-state index in [1.807, 2.05) is 27.7 Å². The normalized spacial score (nSPS) is 50.9. The Morgan fingerprint density at radius 1 is 0.762 bits per heavy atom. The van der Waals surface area contributed by atoms with Crippen LogP contribution in [0.3, 0.4) is 0 Å². The van der Waals surface area contributed by atoms with E-state index in [0.717, 1.165) is 19.4 Å². The second kappa shape index (κ2) is 4.63. The van der Waals surface area contributed by atoms with Gasteiger partial charge in [0.15, 0.2) is 17.9 Å². The maximum Gasteiger partial charge on any atom is 0.190 e. The van der Waals surface area contributed by atoms with Crippen LogP contribution in [0.25, 0.3) is 0 Å². The van der Waals surface area contributed by atoms with Crippen LogP contribution in [-0.2, 0) is 28.4 Å². The largest absolute Gasteiger partial charge is 0.375 e. The number of fused-ring (bicyclic) bond motifs is 3. The first kappa shape index (κ1) is 14.4. The van der Waals surface area contributed by atoms with E-state index in [4.69, 9.17) is 28.4 Å². The Hall–Kier alpha value is -0.240. The summed E-state index contributed by atoms with van der Waals surface area (Å²) in [5, 5.41) is 0. The third-order valence-electron chi connectivity index (χ3n) is 4.52. The van der Waals surface area contributed by atoms with E-state index in [-0.39, 0.29) is 30.5 Å². The van der Waals surface area contributed by atoms with Crippen LogP contribution in [0.15, 0.2) is 0 Å². The minimum Gasteiger partial charge on any atom is -0.375 e. The molecule has 4 heterocycles. The van der Waals surface area contributed by atoms with Gasteiger partial charge in [0.05, 0.1) is 6.10 Å². The molecule has 6 heteroatoms. The molecule has 4 aliphatic heterocycles. The van der Waals surface area contributed by atoms with Gasteiger partial charge in [0.25, 0.3) is 0 Å². The maximum absolute atomic E-state index is 6.16. The summed E-state index contributed by atoms with van der Waals surface area (Å²) < 4.78 is 36.0. The number of ether oxygens (including phenoxy) is 6. The summed E-state index contributed by atoms with van der Waals surface area (Å²) in [6, 6.07) is 0. The molecule has 0 saturated carbocycles. The van der Waals surface area contributed by atoms with Crippen molar-refractivity contribution in [2.75, 3.05) is 6.61 Å². The van der Waals surface area contributed by atoms with E-state index in [2.05, 4.69) is 0 Å². The van der Waals surface area contributed by atoms with Gasteiger partial charge >= 0.3 is 0 Å². The molecule has 0 aromatic carbocycles.